The van der Waals surface area contributed by atoms with Crippen LogP contribution in [0, 0.1) is 0 Å². The fourth-order valence-corrected chi connectivity index (χ4v) is 0.885. The lowest BCUT2D eigenvalue weighted by molar-refractivity contribution is 0.200. The molecule has 4 nitrogen and oxygen atoms in total. The highest BCUT2D eigenvalue weighted by molar-refractivity contribution is 9.10. The molecule has 1 rings (SSSR count). The molecule has 56 valence electrons. The van der Waals surface area contributed by atoms with Crippen molar-refractivity contribution in [3.05, 3.63) is 10.6 Å². The number of H-pyrrole nitrogens is 1. The number of nitrogens with one attached hydrogen (secondary N) is 1. The van der Waals surface area contributed by atoms with Crippen LogP contribution in [0.1, 0.15) is 5.82 Å². The van der Waals surface area contributed by atoms with Crippen LogP contribution in [0.3, 0.4) is 0 Å². The quantitative estimate of drug-likeness (QED) is 0.793. The molecule has 0 fully saturated rings. The number of rotatable bonds is 3. The Bertz CT molecular complexity index is 201. The van der Waals surface area contributed by atoms with Gasteiger partial charge in [-0.25, -0.2) is 4.98 Å². The minimum absolute atomic E-state index is 0.596. The van der Waals surface area contributed by atoms with Gasteiger partial charge in [0.15, 0.2) is 0 Å². The van der Waals surface area contributed by atoms with Crippen molar-refractivity contribution in [2.45, 2.75) is 6.42 Å². The molecule has 0 unspecified atom stereocenters. The van der Waals surface area contributed by atoms with Crippen molar-refractivity contribution in [2.75, 3.05) is 13.7 Å². The molecular formula is C5H8BrN3O. The van der Waals surface area contributed by atoms with Crippen LogP contribution in [0.15, 0.2) is 4.73 Å². The molecule has 0 atom stereocenters. The molecule has 10 heavy (non-hydrogen) atoms. The summed E-state index contributed by atoms with van der Waals surface area (Å²) in [6.07, 6.45) is 0.773. The number of methoxy groups -OCH3 is 1. The maximum atomic E-state index is 4.85. The summed E-state index contributed by atoms with van der Waals surface area (Å²) in [5.74, 6) is 0.841. The second kappa shape index (κ2) is 3.68. The van der Waals surface area contributed by atoms with E-state index in [-0.39, 0.29) is 0 Å². The summed E-state index contributed by atoms with van der Waals surface area (Å²) in [6, 6.07) is 0. The third-order valence-electron chi connectivity index (χ3n) is 1.05. The van der Waals surface area contributed by atoms with Crippen molar-refractivity contribution in [2.24, 2.45) is 0 Å². The molecule has 0 aromatic carbocycles. The molecule has 0 bridgehead atoms. The lowest BCUT2D eigenvalue weighted by atomic mass is 10.4. The Kier molecular flexibility index (Phi) is 2.82. The maximum absolute atomic E-state index is 4.85. The summed E-state index contributed by atoms with van der Waals surface area (Å²) in [4.78, 5) is 4.02. The lowest BCUT2D eigenvalue weighted by Crippen LogP contribution is -1.95. The fraction of sp³-hybridized carbons (Fsp3) is 0.600. The Balaban J connectivity index is 2.42. The van der Waals surface area contributed by atoms with Gasteiger partial charge in [0, 0.05) is 13.5 Å². The van der Waals surface area contributed by atoms with Crippen molar-refractivity contribution >= 4 is 15.9 Å². The van der Waals surface area contributed by atoms with E-state index >= 15 is 0 Å². The van der Waals surface area contributed by atoms with Crippen LogP contribution >= 0.6 is 15.9 Å². The molecule has 0 radical (unpaired) electrons. The van der Waals surface area contributed by atoms with Crippen LogP contribution in [0.5, 0.6) is 0 Å². The van der Waals surface area contributed by atoms with E-state index in [1.165, 1.54) is 0 Å². The molecule has 0 aliphatic rings. The first-order valence-electron chi connectivity index (χ1n) is 2.88. The fourth-order valence-electron chi connectivity index (χ4n) is 0.583. The molecule has 5 heteroatoms. The van der Waals surface area contributed by atoms with Crippen molar-refractivity contribution in [3.63, 3.8) is 0 Å². The van der Waals surface area contributed by atoms with E-state index in [1.54, 1.807) is 7.11 Å². The van der Waals surface area contributed by atoms with Gasteiger partial charge in [0.2, 0.25) is 4.73 Å². The van der Waals surface area contributed by atoms with Crippen LogP contribution in [0.2, 0.25) is 0 Å². The molecular weight excluding hydrogens is 198 g/mol. The highest BCUT2D eigenvalue weighted by atomic mass is 79.9. The van der Waals surface area contributed by atoms with E-state index in [2.05, 4.69) is 31.1 Å². The summed E-state index contributed by atoms with van der Waals surface area (Å²) < 4.78 is 5.45. The Labute approximate surface area is 67.1 Å². The highest BCUT2D eigenvalue weighted by Crippen LogP contribution is 2.00. The Morgan fingerprint density at radius 3 is 3.00 bits per heavy atom. The van der Waals surface area contributed by atoms with E-state index < -0.39 is 0 Å². The maximum Gasteiger partial charge on any atom is 0.217 e. The third kappa shape index (κ3) is 2.07. The van der Waals surface area contributed by atoms with Gasteiger partial charge in [0.1, 0.15) is 5.82 Å². The molecule has 0 aliphatic carbocycles. The second-order valence-electron chi connectivity index (χ2n) is 1.79. The van der Waals surface area contributed by atoms with Crippen molar-refractivity contribution in [3.8, 4) is 0 Å². The summed E-state index contributed by atoms with van der Waals surface area (Å²) in [5, 5.41) is 6.55. The molecule has 0 spiro atoms. The number of hydrogen-bond donors (Lipinski definition) is 1. The summed E-state index contributed by atoms with van der Waals surface area (Å²) in [6.45, 7) is 0.668. The first-order valence-corrected chi connectivity index (χ1v) is 3.68. The number of halogens is 1. The van der Waals surface area contributed by atoms with E-state index in [1.807, 2.05) is 0 Å². The molecule has 0 saturated carbocycles. The van der Waals surface area contributed by atoms with Crippen LogP contribution < -0.4 is 0 Å². The lowest BCUT2D eigenvalue weighted by Gasteiger charge is -1.91. The smallest absolute Gasteiger partial charge is 0.217 e. The van der Waals surface area contributed by atoms with E-state index in [0.29, 0.717) is 11.3 Å². The van der Waals surface area contributed by atoms with E-state index in [4.69, 9.17) is 4.74 Å². The summed E-state index contributed by atoms with van der Waals surface area (Å²) >= 11 is 3.13. The number of aromatic nitrogens is 3. The minimum atomic E-state index is 0.596. The highest BCUT2D eigenvalue weighted by Gasteiger charge is 1.97. The molecule has 0 saturated heterocycles. The predicted molar refractivity (Wildman–Crippen MR) is 39.7 cm³/mol. The van der Waals surface area contributed by atoms with Gasteiger partial charge in [0.25, 0.3) is 0 Å². The van der Waals surface area contributed by atoms with Gasteiger partial charge >= 0.3 is 0 Å². The number of hydrogen-bond acceptors (Lipinski definition) is 3. The Morgan fingerprint density at radius 2 is 2.50 bits per heavy atom. The topological polar surface area (TPSA) is 50.8 Å². The normalized spacial score (nSPS) is 10.2. The van der Waals surface area contributed by atoms with Crippen LogP contribution in [0.4, 0.5) is 0 Å². The van der Waals surface area contributed by atoms with Gasteiger partial charge in [-0.15, -0.1) is 5.10 Å². The molecule has 1 aromatic rings. The molecule has 1 aromatic heterocycles. The van der Waals surface area contributed by atoms with Crippen LogP contribution in [-0.4, -0.2) is 28.9 Å². The summed E-state index contributed by atoms with van der Waals surface area (Å²) in [7, 11) is 1.66. The number of aromatic amines is 1. The zero-order chi connectivity index (χ0) is 7.40. The van der Waals surface area contributed by atoms with E-state index in [9.17, 15) is 0 Å². The van der Waals surface area contributed by atoms with Gasteiger partial charge in [0.05, 0.1) is 6.61 Å². The third-order valence-corrected chi connectivity index (χ3v) is 1.40. The zero-order valence-corrected chi connectivity index (χ0v) is 7.18. The Hall–Kier alpha value is -0.420. The summed E-state index contributed by atoms with van der Waals surface area (Å²) in [5.41, 5.74) is 0. The van der Waals surface area contributed by atoms with Gasteiger partial charge < -0.3 is 4.74 Å². The van der Waals surface area contributed by atoms with Crippen molar-refractivity contribution in [1.29, 1.82) is 0 Å². The standard InChI is InChI=1S/C5H8BrN3O/c1-10-3-2-4-7-5(6)9-8-4/h2-3H2,1H3,(H,7,8,9). The van der Waals surface area contributed by atoms with Gasteiger partial charge in [-0.3, -0.25) is 5.10 Å². The SMILES string of the molecule is COCCc1nc(Br)n[nH]1. The van der Waals surface area contributed by atoms with Gasteiger partial charge in [-0.05, 0) is 15.9 Å². The molecule has 1 N–H and O–H groups in total. The van der Waals surface area contributed by atoms with Gasteiger partial charge in [-0.1, -0.05) is 0 Å². The Morgan fingerprint density at radius 1 is 1.70 bits per heavy atom. The molecule has 1 heterocycles. The number of ether oxygens (including phenoxy) is 1. The van der Waals surface area contributed by atoms with Crippen molar-refractivity contribution in [1.82, 2.24) is 15.2 Å². The second-order valence-corrected chi connectivity index (χ2v) is 2.50. The van der Waals surface area contributed by atoms with Crippen LogP contribution in [0.25, 0.3) is 0 Å². The average molecular weight is 206 g/mol. The van der Waals surface area contributed by atoms with Crippen LogP contribution in [-0.2, 0) is 11.2 Å². The largest absolute Gasteiger partial charge is 0.384 e. The molecule has 0 amide bonds. The molecule has 0 aliphatic heterocycles. The number of nitrogens with zero attached hydrogens (tertiary/aromatic N) is 2. The predicted octanol–water partition coefficient (Wildman–Crippen LogP) is 0.756. The monoisotopic (exact) mass is 205 g/mol. The van der Waals surface area contributed by atoms with E-state index in [0.717, 1.165) is 12.2 Å². The minimum Gasteiger partial charge on any atom is -0.384 e. The first kappa shape index (κ1) is 7.68. The van der Waals surface area contributed by atoms with Gasteiger partial charge in [-0.2, -0.15) is 0 Å². The van der Waals surface area contributed by atoms with Crippen molar-refractivity contribution < 1.29 is 4.74 Å². The zero-order valence-electron chi connectivity index (χ0n) is 5.59. The first-order chi connectivity index (χ1) is 4.83. The average Bonchev–Trinajstić information content (AvgIpc) is 2.31.